The lowest BCUT2D eigenvalue weighted by Crippen LogP contribution is -2.01. The fraction of sp³-hybridized carbons (Fsp3) is 0.375. The first-order chi connectivity index (χ1) is 5.34. The van der Waals surface area contributed by atoms with Gasteiger partial charge in [0.05, 0.1) is 18.0 Å². The van der Waals surface area contributed by atoms with E-state index in [4.69, 9.17) is 10.5 Å². The normalized spacial score (nSPS) is 9.91. The molecule has 0 aliphatic heterocycles. The molecule has 0 aromatic carbocycles. The summed E-state index contributed by atoms with van der Waals surface area (Å²) in [5, 5.41) is 0. The Labute approximate surface area is 66.2 Å². The zero-order valence-electron chi connectivity index (χ0n) is 6.58. The molecule has 3 nitrogen and oxygen atoms in total. The summed E-state index contributed by atoms with van der Waals surface area (Å²) in [6.07, 6.45) is 2.52. The lowest BCUT2D eigenvalue weighted by molar-refractivity contribution is 0.201. The van der Waals surface area contributed by atoms with E-state index in [0.717, 1.165) is 17.8 Å². The van der Waals surface area contributed by atoms with E-state index in [0.29, 0.717) is 6.61 Å². The first-order valence-electron chi connectivity index (χ1n) is 3.53. The van der Waals surface area contributed by atoms with Crippen molar-refractivity contribution in [3.63, 3.8) is 0 Å². The van der Waals surface area contributed by atoms with Crippen LogP contribution in [0.2, 0.25) is 0 Å². The molecular weight excluding hydrogens is 140 g/mol. The van der Waals surface area contributed by atoms with Crippen molar-refractivity contribution >= 4 is 5.69 Å². The maximum atomic E-state index is 5.64. The third-order valence-electron chi connectivity index (χ3n) is 1.47. The van der Waals surface area contributed by atoms with Crippen LogP contribution in [0.15, 0.2) is 18.3 Å². The predicted molar refractivity (Wildman–Crippen MR) is 44.2 cm³/mol. The van der Waals surface area contributed by atoms with Crippen molar-refractivity contribution < 1.29 is 4.74 Å². The topological polar surface area (TPSA) is 48.1 Å². The molecular formula is C8H12N2O. The van der Waals surface area contributed by atoms with Crippen molar-refractivity contribution in [1.29, 1.82) is 0 Å². The maximum Gasteiger partial charge on any atom is 0.0655 e. The lowest BCUT2D eigenvalue weighted by Gasteiger charge is -2.01. The van der Waals surface area contributed by atoms with Gasteiger partial charge in [-0.1, -0.05) is 0 Å². The molecule has 3 heteroatoms. The minimum Gasteiger partial charge on any atom is -0.397 e. The van der Waals surface area contributed by atoms with E-state index >= 15 is 0 Å². The van der Waals surface area contributed by atoms with Crippen molar-refractivity contribution in [1.82, 2.24) is 4.98 Å². The van der Waals surface area contributed by atoms with Crippen LogP contribution >= 0.6 is 0 Å². The van der Waals surface area contributed by atoms with Gasteiger partial charge in [0.1, 0.15) is 0 Å². The number of anilines is 1. The Kier molecular flexibility index (Phi) is 2.86. The number of hydrogen-bond donors (Lipinski definition) is 1. The standard InChI is InChI=1S/C8H12N2O/c1-11-6-4-8-7(9)3-2-5-10-8/h2-3,5H,4,6,9H2,1H3. The van der Waals surface area contributed by atoms with Crippen LogP contribution in [0.5, 0.6) is 0 Å². The number of aromatic nitrogens is 1. The van der Waals surface area contributed by atoms with E-state index < -0.39 is 0 Å². The second kappa shape index (κ2) is 3.93. The van der Waals surface area contributed by atoms with E-state index in [9.17, 15) is 0 Å². The summed E-state index contributed by atoms with van der Waals surface area (Å²) < 4.78 is 4.91. The number of methoxy groups -OCH3 is 1. The van der Waals surface area contributed by atoms with E-state index in [2.05, 4.69) is 4.98 Å². The zero-order chi connectivity index (χ0) is 8.10. The molecule has 1 aromatic heterocycles. The van der Waals surface area contributed by atoms with Crippen LogP contribution < -0.4 is 5.73 Å². The zero-order valence-corrected chi connectivity index (χ0v) is 6.58. The van der Waals surface area contributed by atoms with Gasteiger partial charge in [0, 0.05) is 19.7 Å². The minimum atomic E-state index is 0.668. The largest absolute Gasteiger partial charge is 0.397 e. The number of nitrogen functional groups attached to an aromatic ring is 1. The molecule has 0 spiro atoms. The van der Waals surface area contributed by atoms with Crippen LogP contribution in [-0.4, -0.2) is 18.7 Å². The average molecular weight is 152 g/mol. The molecule has 1 heterocycles. The Morgan fingerprint density at radius 3 is 3.09 bits per heavy atom. The van der Waals surface area contributed by atoms with Gasteiger partial charge in [-0.2, -0.15) is 0 Å². The van der Waals surface area contributed by atoms with Crippen molar-refractivity contribution in [2.75, 3.05) is 19.5 Å². The molecule has 1 rings (SSSR count). The Morgan fingerprint density at radius 2 is 2.45 bits per heavy atom. The van der Waals surface area contributed by atoms with E-state index in [-0.39, 0.29) is 0 Å². The number of pyridine rings is 1. The Balaban J connectivity index is 2.62. The van der Waals surface area contributed by atoms with E-state index in [1.54, 1.807) is 13.3 Å². The third kappa shape index (κ3) is 2.20. The van der Waals surface area contributed by atoms with Crippen LogP contribution in [0, 0.1) is 0 Å². The molecule has 0 bridgehead atoms. The highest BCUT2D eigenvalue weighted by molar-refractivity contribution is 5.41. The second-order valence-electron chi connectivity index (χ2n) is 2.28. The maximum absolute atomic E-state index is 5.64. The summed E-state index contributed by atoms with van der Waals surface area (Å²) in [6.45, 7) is 0.668. The number of hydrogen-bond acceptors (Lipinski definition) is 3. The number of ether oxygens (including phenoxy) is 1. The molecule has 0 amide bonds. The molecule has 0 radical (unpaired) electrons. The summed E-state index contributed by atoms with van der Waals surface area (Å²) in [5.41, 5.74) is 7.30. The Hall–Kier alpha value is -1.09. The molecule has 0 aliphatic rings. The van der Waals surface area contributed by atoms with Crippen molar-refractivity contribution in [2.45, 2.75) is 6.42 Å². The van der Waals surface area contributed by atoms with Crippen LogP contribution in [0.4, 0.5) is 5.69 Å². The van der Waals surface area contributed by atoms with Gasteiger partial charge in [0.15, 0.2) is 0 Å². The second-order valence-corrected chi connectivity index (χ2v) is 2.28. The molecule has 0 unspecified atom stereocenters. The van der Waals surface area contributed by atoms with E-state index in [1.807, 2.05) is 12.1 Å². The third-order valence-corrected chi connectivity index (χ3v) is 1.47. The molecule has 0 fully saturated rings. The summed E-state index contributed by atoms with van der Waals surface area (Å²) >= 11 is 0. The highest BCUT2D eigenvalue weighted by Crippen LogP contribution is 2.06. The summed E-state index contributed by atoms with van der Waals surface area (Å²) in [6, 6.07) is 3.67. The fourth-order valence-electron chi connectivity index (χ4n) is 0.858. The molecule has 1 aromatic rings. The van der Waals surface area contributed by atoms with Gasteiger partial charge in [0.2, 0.25) is 0 Å². The lowest BCUT2D eigenvalue weighted by atomic mass is 10.2. The highest BCUT2D eigenvalue weighted by Gasteiger charge is 1.97. The quantitative estimate of drug-likeness (QED) is 0.698. The number of nitrogens with zero attached hydrogens (tertiary/aromatic N) is 1. The fourth-order valence-corrected chi connectivity index (χ4v) is 0.858. The molecule has 0 saturated carbocycles. The monoisotopic (exact) mass is 152 g/mol. The molecule has 2 N–H and O–H groups in total. The smallest absolute Gasteiger partial charge is 0.0655 e. The Bertz CT molecular complexity index is 225. The van der Waals surface area contributed by atoms with E-state index in [1.165, 1.54) is 0 Å². The highest BCUT2D eigenvalue weighted by atomic mass is 16.5. The Morgan fingerprint density at radius 1 is 1.64 bits per heavy atom. The molecule has 0 atom stereocenters. The molecule has 0 aliphatic carbocycles. The van der Waals surface area contributed by atoms with Crippen molar-refractivity contribution in [2.24, 2.45) is 0 Å². The first kappa shape index (κ1) is 8.01. The minimum absolute atomic E-state index is 0.668. The molecule has 0 saturated heterocycles. The average Bonchev–Trinajstić information content (AvgIpc) is 2.03. The summed E-state index contributed by atoms with van der Waals surface area (Å²) in [5.74, 6) is 0. The van der Waals surface area contributed by atoms with Crippen LogP contribution in [0.3, 0.4) is 0 Å². The van der Waals surface area contributed by atoms with Gasteiger partial charge in [-0.15, -0.1) is 0 Å². The summed E-state index contributed by atoms with van der Waals surface area (Å²) in [4.78, 5) is 4.11. The number of rotatable bonds is 3. The van der Waals surface area contributed by atoms with Gasteiger partial charge in [-0.05, 0) is 12.1 Å². The van der Waals surface area contributed by atoms with Gasteiger partial charge >= 0.3 is 0 Å². The summed E-state index contributed by atoms with van der Waals surface area (Å²) in [7, 11) is 1.67. The predicted octanol–water partition coefficient (Wildman–Crippen LogP) is 0.853. The molecule has 60 valence electrons. The number of nitrogens with two attached hydrogens (primary N) is 1. The first-order valence-corrected chi connectivity index (χ1v) is 3.53. The van der Waals surface area contributed by atoms with Crippen LogP contribution in [-0.2, 0) is 11.2 Å². The van der Waals surface area contributed by atoms with Crippen LogP contribution in [0.1, 0.15) is 5.69 Å². The van der Waals surface area contributed by atoms with Gasteiger partial charge in [-0.25, -0.2) is 0 Å². The molecule has 11 heavy (non-hydrogen) atoms. The van der Waals surface area contributed by atoms with Gasteiger partial charge in [-0.3, -0.25) is 4.98 Å². The SMILES string of the molecule is COCCc1ncccc1N. The van der Waals surface area contributed by atoms with Gasteiger partial charge < -0.3 is 10.5 Å². The van der Waals surface area contributed by atoms with Gasteiger partial charge in [0.25, 0.3) is 0 Å². The van der Waals surface area contributed by atoms with Crippen molar-refractivity contribution in [3.05, 3.63) is 24.0 Å². The van der Waals surface area contributed by atoms with Crippen LogP contribution in [0.25, 0.3) is 0 Å². The van der Waals surface area contributed by atoms with Crippen molar-refractivity contribution in [3.8, 4) is 0 Å².